The highest BCUT2D eigenvalue weighted by atomic mass is 32.1. The molecule has 9 heteroatoms. The molecule has 0 unspecified atom stereocenters. The lowest BCUT2D eigenvalue weighted by Crippen LogP contribution is -2.49. The highest BCUT2D eigenvalue weighted by Crippen LogP contribution is 2.47. The number of thiocarbonyl (C=S) groups is 1. The van der Waals surface area contributed by atoms with Crippen molar-refractivity contribution in [3.8, 4) is 5.75 Å². The van der Waals surface area contributed by atoms with Crippen LogP contribution >= 0.6 is 12.2 Å². The van der Waals surface area contributed by atoms with Crippen LogP contribution in [0.4, 0.5) is 5.69 Å². The summed E-state index contributed by atoms with van der Waals surface area (Å²) in [4.78, 5) is 27.4. The van der Waals surface area contributed by atoms with Crippen molar-refractivity contribution < 1.29 is 14.5 Å². The number of carbonyl (C=O) groups is 1. The molecule has 1 aromatic carbocycles. The zero-order valence-electron chi connectivity index (χ0n) is 17.4. The number of hydrogen-bond donors (Lipinski definition) is 1. The van der Waals surface area contributed by atoms with Crippen LogP contribution in [0.2, 0.25) is 0 Å². The molecule has 1 aromatic rings. The molecule has 0 saturated carbocycles. The first-order valence-electron chi connectivity index (χ1n) is 9.64. The molecule has 1 saturated heterocycles. The van der Waals surface area contributed by atoms with Gasteiger partial charge in [0.1, 0.15) is 11.4 Å². The molecule has 2 aliphatic rings. The van der Waals surface area contributed by atoms with E-state index in [9.17, 15) is 14.9 Å². The zero-order valence-corrected chi connectivity index (χ0v) is 18.2. The van der Waals surface area contributed by atoms with Crippen molar-refractivity contribution in [3.05, 3.63) is 39.1 Å². The van der Waals surface area contributed by atoms with Crippen molar-refractivity contribution in [3.63, 3.8) is 0 Å². The average Bonchev–Trinajstić information content (AvgIpc) is 3.05. The molecule has 29 heavy (non-hydrogen) atoms. The monoisotopic (exact) mass is 418 g/mol. The third-order valence-electron chi connectivity index (χ3n) is 5.30. The maximum atomic E-state index is 12.7. The summed E-state index contributed by atoms with van der Waals surface area (Å²) in [6.07, 6.45) is 1.18. The van der Waals surface area contributed by atoms with Gasteiger partial charge in [0.25, 0.3) is 5.69 Å². The molecule has 2 heterocycles. The molecule has 8 nitrogen and oxygen atoms in total. The smallest absolute Gasteiger partial charge is 0.273 e. The number of nitro groups is 1. The van der Waals surface area contributed by atoms with Gasteiger partial charge in [-0.15, -0.1) is 0 Å². The lowest BCUT2D eigenvalue weighted by Gasteiger charge is -2.43. The molecule has 1 N–H and O–H groups in total. The summed E-state index contributed by atoms with van der Waals surface area (Å²) in [5.41, 5.74) is 1.58. The highest BCUT2D eigenvalue weighted by Gasteiger charge is 2.44. The largest absolute Gasteiger partial charge is 0.481 e. The third-order valence-corrected chi connectivity index (χ3v) is 5.72. The van der Waals surface area contributed by atoms with Gasteiger partial charge >= 0.3 is 0 Å². The minimum atomic E-state index is -0.804. The summed E-state index contributed by atoms with van der Waals surface area (Å²) in [6, 6.07) is 3.06. The number of ether oxygens (including phenoxy) is 1. The van der Waals surface area contributed by atoms with E-state index in [2.05, 4.69) is 5.32 Å². The Labute approximate surface area is 175 Å². The molecule has 0 spiro atoms. The van der Waals surface area contributed by atoms with E-state index >= 15 is 0 Å². The Morgan fingerprint density at radius 2 is 2.14 bits per heavy atom. The summed E-state index contributed by atoms with van der Waals surface area (Å²) in [5.74, 6) is 0.522. The van der Waals surface area contributed by atoms with Gasteiger partial charge in [-0.3, -0.25) is 14.9 Å². The van der Waals surface area contributed by atoms with Crippen LogP contribution in [0.5, 0.6) is 5.75 Å². The van der Waals surface area contributed by atoms with Crippen molar-refractivity contribution in [2.24, 2.45) is 0 Å². The molecule has 0 bridgehead atoms. The van der Waals surface area contributed by atoms with E-state index in [1.807, 2.05) is 27.8 Å². The summed E-state index contributed by atoms with van der Waals surface area (Å²) < 4.78 is 6.27. The van der Waals surface area contributed by atoms with Crippen LogP contribution in [0.3, 0.4) is 0 Å². The minimum Gasteiger partial charge on any atom is -0.481 e. The maximum absolute atomic E-state index is 12.7. The number of hydrogen-bond acceptors (Lipinski definition) is 5. The molecule has 1 amide bonds. The summed E-state index contributed by atoms with van der Waals surface area (Å²) in [6.45, 7) is 8.67. The number of likely N-dealkylation sites (tertiary alicyclic amines) is 1. The molecule has 0 atom stereocenters. The standard InChI is InChI=1S/C20H26N4O4S/c1-6-21-19(29)22(5)18-17(23-11-7-8-15(23)25)16-12(2)13(24(26)27)9-10-14(16)28-20(18,3)4/h9-10H,6-8,11H2,1-5H3,(H,21,29). The van der Waals surface area contributed by atoms with Crippen LogP contribution in [-0.4, -0.2) is 51.5 Å². The van der Waals surface area contributed by atoms with Crippen LogP contribution in [0.1, 0.15) is 44.7 Å². The lowest BCUT2D eigenvalue weighted by molar-refractivity contribution is -0.385. The van der Waals surface area contributed by atoms with Gasteiger partial charge in [-0.25, -0.2) is 0 Å². The Morgan fingerprint density at radius 3 is 2.69 bits per heavy atom. The number of amides is 1. The van der Waals surface area contributed by atoms with Crippen molar-refractivity contribution in [2.45, 2.75) is 46.1 Å². The maximum Gasteiger partial charge on any atom is 0.273 e. The predicted octanol–water partition coefficient (Wildman–Crippen LogP) is 3.19. The third kappa shape index (κ3) is 3.55. The Balaban J connectivity index is 2.35. The number of benzene rings is 1. The Bertz CT molecular complexity index is 925. The minimum absolute atomic E-state index is 0.00479. The van der Waals surface area contributed by atoms with Crippen LogP contribution in [0.25, 0.3) is 5.70 Å². The van der Waals surface area contributed by atoms with Gasteiger partial charge in [0.2, 0.25) is 5.91 Å². The zero-order chi connectivity index (χ0) is 21.5. The molecule has 0 radical (unpaired) electrons. The van der Waals surface area contributed by atoms with Gasteiger partial charge in [-0.2, -0.15) is 0 Å². The SMILES string of the molecule is CCNC(=S)N(C)C1=C(N2CCCC2=O)c2c(ccc([N+](=O)[O-])c2C)OC1(C)C. The van der Waals surface area contributed by atoms with E-state index in [0.29, 0.717) is 52.9 Å². The molecule has 0 aromatic heterocycles. The van der Waals surface area contributed by atoms with E-state index in [0.717, 1.165) is 6.42 Å². The Morgan fingerprint density at radius 1 is 1.45 bits per heavy atom. The van der Waals surface area contributed by atoms with Crippen molar-refractivity contribution in [1.29, 1.82) is 0 Å². The van der Waals surface area contributed by atoms with Gasteiger partial charge in [-0.05, 0) is 52.4 Å². The molecule has 156 valence electrons. The highest BCUT2D eigenvalue weighted by molar-refractivity contribution is 7.80. The number of likely N-dealkylation sites (N-methyl/N-ethyl adjacent to an activating group) is 1. The second-order valence-corrected chi connectivity index (χ2v) is 8.08. The lowest BCUT2D eigenvalue weighted by atomic mass is 9.90. The number of carbonyl (C=O) groups excluding carboxylic acids is 1. The first kappa shape index (κ1) is 21.0. The number of rotatable bonds is 4. The summed E-state index contributed by atoms with van der Waals surface area (Å²) >= 11 is 5.53. The molecule has 0 aliphatic carbocycles. The van der Waals surface area contributed by atoms with Gasteiger partial charge in [0.05, 0.1) is 21.9 Å². The average molecular weight is 419 g/mol. The van der Waals surface area contributed by atoms with Crippen molar-refractivity contribution in [2.75, 3.05) is 20.1 Å². The van der Waals surface area contributed by atoms with Crippen LogP contribution < -0.4 is 10.1 Å². The fourth-order valence-corrected chi connectivity index (χ4v) is 4.30. The number of nitrogens with one attached hydrogen (secondary N) is 1. The quantitative estimate of drug-likeness (QED) is 0.456. The van der Waals surface area contributed by atoms with Crippen molar-refractivity contribution >= 4 is 34.6 Å². The topological polar surface area (TPSA) is 88.0 Å². The van der Waals surface area contributed by atoms with Gasteiger partial charge in [0.15, 0.2) is 5.11 Å². The molecule has 2 aliphatic heterocycles. The van der Waals surface area contributed by atoms with E-state index in [1.54, 1.807) is 22.8 Å². The molecule has 1 fully saturated rings. The second kappa shape index (κ2) is 7.62. The van der Waals surface area contributed by atoms with E-state index < -0.39 is 10.5 Å². The van der Waals surface area contributed by atoms with Gasteiger partial charge in [-0.1, -0.05) is 0 Å². The van der Waals surface area contributed by atoms with E-state index in [4.69, 9.17) is 17.0 Å². The van der Waals surface area contributed by atoms with Gasteiger partial charge in [0, 0.05) is 38.2 Å². The molecular weight excluding hydrogens is 392 g/mol. The fourth-order valence-electron chi connectivity index (χ4n) is 4.06. The first-order valence-corrected chi connectivity index (χ1v) is 10.0. The normalized spacial score (nSPS) is 17.7. The van der Waals surface area contributed by atoms with Crippen LogP contribution in [-0.2, 0) is 4.79 Å². The van der Waals surface area contributed by atoms with E-state index in [-0.39, 0.29) is 11.6 Å². The Kier molecular flexibility index (Phi) is 5.53. The number of fused-ring (bicyclic) bond motifs is 1. The summed E-state index contributed by atoms with van der Waals surface area (Å²) in [5, 5.41) is 15.2. The molecule has 3 rings (SSSR count). The van der Waals surface area contributed by atoms with Crippen molar-refractivity contribution in [1.82, 2.24) is 15.1 Å². The first-order chi connectivity index (χ1) is 13.6. The second-order valence-electron chi connectivity index (χ2n) is 7.69. The fraction of sp³-hybridized carbons (Fsp3) is 0.500. The predicted molar refractivity (Wildman–Crippen MR) is 114 cm³/mol. The number of nitro benzene ring substituents is 1. The molecular formula is C20H26N4O4S. The van der Waals surface area contributed by atoms with E-state index in [1.165, 1.54) is 6.07 Å². The van der Waals surface area contributed by atoms with Gasteiger partial charge < -0.3 is 19.9 Å². The number of nitrogens with zero attached hydrogens (tertiary/aromatic N) is 3. The Hall–Kier alpha value is -2.68. The van der Waals surface area contributed by atoms with Crippen LogP contribution in [0, 0.1) is 17.0 Å². The van der Waals surface area contributed by atoms with Crippen LogP contribution in [0.15, 0.2) is 17.8 Å². The summed E-state index contributed by atoms with van der Waals surface area (Å²) in [7, 11) is 1.82.